The van der Waals surface area contributed by atoms with E-state index in [4.69, 9.17) is 10.5 Å². The molecule has 0 aromatic heterocycles. The predicted molar refractivity (Wildman–Crippen MR) is 79.0 cm³/mol. The molecule has 6 nitrogen and oxygen atoms in total. The number of amides is 3. The molecule has 0 radical (unpaired) electrons. The number of para-hydroxylation sites is 1. The molecule has 0 unspecified atom stereocenters. The number of primary amides is 1. The Morgan fingerprint density at radius 1 is 1.43 bits per heavy atom. The second-order valence-corrected chi connectivity index (χ2v) is 5.04. The van der Waals surface area contributed by atoms with Crippen LogP contribution in [0.15, 0.2) is 24.3 Å². The fraction of sp³-hybridized carbons (Fsp3) is 0.467. The van der Waals surface area contributed by atoms with Gasteiger partial charge in [-0.2, -0.15) is 0 Å². The van der Waals surface area contributed by atoms with Crippen LogP contribution < -0.4 is 15.8 Å². The van der Waals surface area contributed by atoms with Crippen molar-refractivity contribution in [3.8, 4) is 5.75 Å². The number of carbonyl (C=O) groups excluding carboxylic acids is 2. The van der Waals surface area contributed by atoms with Crippen molar-refractivity contribution in [2.75, 3.05) is 20.2 Å². The van der Waals surface area contributed by atoms with Gasteiger partial charge in [0.15, 0.2) is 0 Å². The number of carbonyl (C=O) groups is 2. The van der Waals surface area contributed by atoms with E-state index in [2.05, 4.69) is 5.32 Å². The molecule has 1 aromatic rings. The van der Waals surface area contributed by atoms with Crippen molar-refractivity contribution in [3.63, 3.8) is 0 Å². The van der Waals surface area contributed by atoms with Crippen LogP contribution >= 0.6 is 0 Å². The number of methoxy groups -OCH3 is 1. The standard InChI is InChI=1S/C15H21N3O3/c1-21-13-7-3-2-5-11(13)8-9-17-14(19)12-6-4-10-18(12)15(16)20/h2-3,5,7,12H,4,6,8-10H2,1H3,(H2,16,20)(H,17,19)/t12-/m0/s1. The monoisotopic (exact) mass is 291 g/mol. The molecule has 1 saturated heterocycles. The van der Waals surface area contributed by atoms with E-state index in [0.717, 1.165) is 17.7 Å². The lowest BCUT2D eigenvalue weighted by molar-refractivity contribution is -0.124. The fourth-order valence-corrected chi connectivity index (χ4v) is 2.65. The van der Waals surface area contributed by atoms with Crippen LogP contribution in [-0.2, 0) is 11.2 Å². The molecule has 3 amide bonds. The minimum atomic E-state index is -0.530. The van der Waals surface area contributed by atoms with Crippen LogP contribution in [0.3, 0.4) is 0 Å². The molecule has 0 bridgehead atoms. The summed E-state index contributed by atoms with van der Waals surface area (Å²) < 4.78 is 5.27. The second kappa shape index (κ2) is 6.97. The third-order valence-corrected chi connectivity index (χ3v) is 3.72. The molecule has 1 aromatic carbocycles. The molecule has 6 heteroatoms. The SMILES string of the molecule is COc1ccccc1CCNC(=O)[C@@H]1CCCN1C(N)=O. The lowest BCUT2D eigenvalue weighted by atomic mass is 10.1. The Morgan fingerprint density at radius 3 is 2.90 bits per heavy atom. The van der Waals surface area contributed by atoms with Gasteiger partial charge in [-0.25, -0.2) is 4.79 Å². The number of rotatable bonds is 5. The summed E-state index contributed by atoms with van der Waals surface area (Å²) in [6, 6.07) is 6.74. The van der Waals surface area contributed by atoms with Crippen molar-refractivity contribution in [3.05, 3.63) is 29.8 Å². The molecule has 1 fully saturated rings. The van der Waals surface area contributed by atoms with E-state index in [1.807, 2.05) is 24.3 Å². The summed E-state index contributed by atoms with van der Waals surface area (Å²) in [4.78, 5) is 24.8. The van der Waals surface area contributed by atoms with Crippen LogP contribution in [0.1, 0.15) is 18.4 Å². The molecule has 2 rings (SSSR count). The second-order valence-electron chi connectivity index (χ2n) is 5.04. The summed E-state index contributed by atoms with van der Waals surface area (Å²) >= 11 is 0. The van der Waals surface area contributed by atoms with Gasteiger partial charge in [0.25, 0.3) is 0 Å². The zero-order chi connectivity index (χ0) is 15.2. The van der Waals surface area contributed by atoms with Crippen LogP contribution in [0.2, 0.25) is 0 Å². The minimum Gasteiger partial charge on any atom is -0.496 e. The summed E-state index contributed by atoms with van der Waals surface area (Å²) in [6.45, 7) is 1.06. The zero-order valence-corrected chi connectivity index (χ0v) is 12.2. The Balaban J connectivity index is 1.85. The molecule has 0 aliphatic carbocycles. The Hall–Kier alpha value is -2.24. The molecular formula is C15H21N3O3. The molecule has 3 N–H and O–H groups in total. The Bertz CT molecular complexity index is 519. The van der Waals surface area contributed by atoms with Crippen molar-refractivity contribution < 1.29 is 14.3 Å². The summed E-state index contributed by atoms with van der Waals surface area (Å²) in [6.07, 6.45) is 2.16. The van der Waals surface area contributed by atoms with Gasteiger partial charge in [-0.3, -0.25) is 4.79 Å². The third kappa shape index (κ3) is 3.65. The molecule has 114 valence electrons. The van der Waals surface area contributed by atoms with E-state index < -0.39 is 12.1 Å². The number of nitrogens with one attached hydrogen (secondary N) is 1. The average molecular weight is 291 g/mol. The molecule has 0 saturated carbocycles. The van der Waals surface area contributed by atoms with Gasteiger partial charge in [-0.15, -0.1) is 0 Å². The van der Waals surface area contributed by atoms with Gasteiger partial charge in [-0.05, 0) is 30.9 Å². The Morgan fingerprint density at radius 2 is 2.19 bits per heavy atom. The van der Waals surface area contributed by atoms with Gasteiger partial charge in [0.05, 0.1) is 7.11 Å². The van der Waals surface area contributed by atoms with Crippen LogP contribution in [-0.4, -0.2) is 43.1 Å². The highest BCUT2D eigenvalue weighted by molar-refractivity contribution is 5.87. The first kappa shape index (κ1) is 15.2. The highest BCUT2D eigenvalue weighted by Crippen LogP contribution is 2.18. The van der Waals surface area contributed by atoms with Gasteiger partial charge in [-0.1, -0.05) is 18.2 Å². The van der Waals surface area contributed by atoms with E-state index in [-0.39, 0.29) is 5.91 Å². The topological polar surface area (TPSA) is 84.7 Å². The average Bonchev–Trinajstić information content (AvgIpc) is 2.97. The van der Waals surface area contributed by atoms with E-state index in [1.165, 1.54) is 4.90 Å². The number of likely N-dealkylation sites (tertiary alicyclic amines) is 1. The zero-order valence-electron chi connectivity index (χ0n) is 12.2. The van der Waals surface area contributed by atoms with E-state index in [1.54, 1.807) is 7.11 Å². The first-order valence-electron chi connectivity index (χ1n) is 7.09. The van der Waals surface area contributed by atoms with Crippen molar-refractivity contribution in [2.24, 2.45) is 5.73 Å². The molecule has 1 aliphatic heterocycles. The van der Waals surface area contributed by atoms with Crippen molar-refractivity contribution in [1.29, 1.82) is 0 Å². The number of nitrogens with two attached hydrogens (primary N) is 1. The normalized spacial score (nSPS) is 17.6. The van der Waals surface area contributed by atoms with E-state index in [0.29, 0.717) is 25.9 Å². The van der Waals surface area contributed by atoms with Crippen LogP contribution in [0, 0.1) is 0 Å². The van der Waals surface area contributed by atoms with Crippen LogP contribution in [0.5, 0.6) is 5.75 Å². The summed E-state index contributed by atoms with van der Waals surface area (Å²) in [5, 5.41) is 2.87. The van der Waals surface area contributed by atoms with Crippen molar-refractivity contribution >= 4 is 11.9 Å². The van der Waals surface area contributed by atoms with Crippen molar-refractivity contribution in [1.82, 2.24) is 10.2 Å². The Kier molecular flexibility index (Phi) is 5.03. The highest BCUT2D eigenvalue weighted by atomic mass is 16.5. The maximum absolute atomic E-state index is 12.1. The lowest BCUT2D eigenvalue weighted by Gasteiger charge is -2.21. The van der Waals surface area contributed by atoms with Gasteiger partial charge >= 0.3 is 6.03 Å². The number of benzene rings is 1. The Labute approximate surface area is 124 Å². The van der Waals surface area contributed by atoms with Gasteiger partial charge in [0.1, 0.15) is 11.8 Å². The smallest absolute Gasteiger partial charge is 0.315 e. The molecule has 1 heterocycles. The number of hydrogen-bond acceptors (Lipinski definition) is 3. The van der Waals surface area contributed by atoms with Crippen LogP contribution in [0.25, 0.3) is 0 Å². The first-order valence-corrected chi connectivity index (χ1v) is 7.09. The fourth-order valence-electron chi connectivity index (χ4n) is 2.65. The summed E-state index contributed by atoms with van der Waals surface area (Å²) in [5.41, 5.74) is 6.31. The third-order valence-electron chi connectivity index (χ3n) is 3.72. The summed E-state index contributed by atoms with van der Waals surface area (Å²) in [5.74, 6) is 0.674. The van der Waals surface area contributed by atoms with Crippen LogP contribution in [0.4, 0.5) is 4.79 Å². The largest absolute Gasteiger partial charge is 0.496 e. The van der Waals surface area contributed by atoms with Crippen molar-refractivity contribution in [2.45, 2.75) is 25.3 Å². The number of urea groups is 1. The maximum atomic E-state index is 12.1. The lowest BCUT2D eigenvalue weighted by Crippen LogP contribution is -2.48. The molecule has 1 atom stereocenters. The predicted octanol–water partition coefficient (Wildman–Crippen LogP) is 0.897. The molecular weight excluding hydrogens is 270 g/mol. The number of nitrogens with zero attached hydrogens (tertiary/aromatic N) is 1. The number of hydrogen-bond donors (Lipinski definition) is 2. The van der Waals surface area contributed by atoms with Gasteiger partial charge in [0, 0.05) is 13.1 Å². The molecule has 1 aliphatic rings. The summed E-state index contributed by atoms with van der Waals surface area (Å²) in [7, 11) is 1.63. The van der Waals surface area contributed by atoms with E-state index >= 15 is 0 Å². The quantitative estimate of drug-likeness (QED) is 0.845. The van der Waals surface area contributed by atoms with Gasteiger partial charge in [0.2, 0.25) is 5.91 Å². The maximum Gasteiger partial charge on any atom is 0.315 e. The first-order chi connectivity index (χ1) is 10.1. The molecule has 21 heavy (non-hydrogen) atoms. The highest BCUT2D eigenvalue weighted by Gasteiger charge is 2.32. The number of ether oxygens (including phenoxy) is 1. The minimum absolute atomic E-state index is 0.138. The molecule has 0 spiro atoms. The van der Waals surface area contributed by atoms with Gasteiger partial charge < -0.3 is 20.7 Å². The van der Waals surface area contributed by atoms with E-state index in [9.17, 15) is 9.59 Å².